The Balaban J connectivity index is 0.000000154. The molecule has 0 aliphatic carbocycles. The lowest BCUT2D eigenvalue weighted by Gasteiger charge is -2.18. The van der Waals surface area contributed by atoms with Crippen LogP contribution in [0.4, 0.5) is 0 Å². The Morgan fingerprint density at radius 2 is 0.879 bits per heavy atom. The van der Waals surface area contributed by atoms with Crippen molar-refractivity contribution >= 4 is 55.5 Å². The second-order valence-electron chi connectivity index (χ2n) is 21.3. The van der Waals surface area contributed by atoms with E-state index < -0.39 is 0 Å². The number of hydrogen-bond acceptors (Lipinski definition) is 10. The average molecular weight is 892 g/mol. The van der Waals surface area contributed by atoms with Crippen LogP contribution in [0.25, 0.3) is 55.5 Å². The summed E-state index contributed by atoms with van der Waals surface area (Å²) in [6.07, 6.45) is 5.97. The van der Waals surface area contributed by atoms with E-state index in [9.17, 15) is 0 Å². The van der Waals surface area contributed by atoms with Gasteiger partial charge in [-0.1, -0.05) is 160 Å². The third-order valence-electron chi connectivity index (χ3n) is 10.7. The number of aromatic nitrogens is 5. The summed E-state index contributed by atoms with van der Waals surface area (Å²) in [6, 6.07) is 32.3. The van der Waals surface area contributed by atoms with E-state index in [1.165, 1.54) is 47.8 Å². The third kappa shape index (κ3) is 12.6. The highest BCUT2D eigenvalue weighted by Crippen LogP contribution is 2.31. The molecule has 0 spiro atoms. The summed E-state index contributed by atoms with van der Waals surface area (Å²) >= 11 is 0. The lowest BCUT2D eigenvalue weighted by molar-refractivity contribution is 0.411. The highest BCUT2D eigenvalue weighted by molar-refractivity contribution is 5.78. The SMILES string of the molecule is C.CC(C)(C)c1ccc2ncoc2c1.CC(C)(C)c1ccc2ocnc2c1.CC(C)(C)c1cccc2ncoc12.CC(C)(C)c1cccc2ocnc12.CC(C)(C)c1nc2ccccc2o1. The van der Waals surface area contributed by atoms with E-state index in [0.717, 1.165) is 61.4 Å². The van der Waals surface area contributed by atoms with Crippen molar-refractivity contribution in [2.24, 2.45) is 0 Å². The number of hydrogen-bond donors (Lipinski definition) is 0. The first-order chi connectivity index (χ1) is 30.4. The molecule has 0 saturated carbocycles. The highest BCUT2D eigenvalue weighted by atomic mass is 16.4. The molecule has 0 atom stereocenters. The summed E-state index contributed by atoms with van der Waals surface area (Å²) in [7, 11) is 0. The molecule has 0 N–H and O–H groups in total. The molecular formula is C56H69N5O5. The van der Waals surface area contributed by atoms with Gasteiger partial charge < -0.3 is 22.1 Å². The standard InChI is InChI=1S/5C11H13NO.CH4/c1-11(2,3)8-4-5-10-9(6-8)12-7-13-10;1-11(2,3)8-4-5-9-10(6-8)13-7-12-9;1-11(2,3)8-5-4-6-9-10(8)12-7-13-9;1-11(2,3)8-5-4-6-9-10(8)13-7-12-9;1-11(2,3)10-12-8-6-4-5-7-9(8)13-10;/h5*4-7H,1-3H3;1H4. The van der Waals surface area contributed by atoms with E-state index >= 15 is 0 Å². The zero-order valence-corrected chi connectivity index (χ0v) is 40.8. The molecule has 0 bridgehead atoms. The molecule has 10 rings (SSSR count). The lowest BCUT2D eigenvalue weighted by atomic mass is 9.86. The normalized spacial score (nSPS) is 12.0. The predicted octanol–water partition coefficient (Wildman–Crippen LogP) is 16.3. The van der Waals surface area contributed by atoms with Gasteiger partial charge in [0.25, 0.3) is 0 Å². The van der Waals surface area contributed by atoms with Crippen LogP contribution in [0, 0.1) is 0 Å². The van der Waals surface area contributed by atoms with E-state index in [4.69, 9.17) is 22.1 Å². The summed E-state index contributed by atoms with van der Waals surface area (Å²) in [4.78, 5) is 21.0. The van der Waals surface area contributed by atoms with Gasteiger partial charge in [-0.25, -0.2) is 24.9 Å². The zero-order valence-electron chi connectivity index (χ0n) is 40.8. The summed E-state index contributed by atoms with van der Waals surface area (Å²) in [5, 5.41) is 0. The maximum Gasteiger partial charge on any atom is 0.200 e. The molecule has 0 fully saturated rings. The molecule has 5 aromatic heterocycles. The Morgan fingerprint density at radius 3 is 1.53 bits per heavy atom. The van der Waals surface area contributed by atoms with Crippen LogP contribution < -0.4 is 0 Å². The fourth-order valence-corrected chi connectivity index (χ4v) is 6.81. The summed E-state index contributed by atoms with van der Waals surface area (Å²) in [5.41, 5.74) is 14.7. The quantitative estimate of drug-likeness (QED) is 0.145. The molecule has 5 heterocycles. The largest absolute Gasteiger partial charge is 0.443 e. The molecule has 10 nitrogen and oxygen atoms in total. The van der Waals surface area contributed by atoms with E-state index in [-0.39, 0.29) is 34.5 Å². The molecule has 66 heavy (non-hydrogen) atoms. The number of nitrogens with zero attached hydrogens (tertiary/aromatic N) is 5. The molecular weight excluding hydrogens is 823 g/mol. The number of fused-ring (bicyclic) bond motifs is 5. The highest BCUT2D eigenvalue weighted by Gasteiger charge is 2.22. The summed E-state index contributed by atoms with van der Waals surface area (Å²) in [6.45, 7) is 32.5. The Hall–Kier alpha value is -6.55. The van der Waals surface area contributed by atoms with Crippen molar-refractivity contribution in [2.75, 3.05) is 0 Å². The molecule has 0 aliphatic heterocycles. The Morgan fingerprint density at radius 1 is 0.364 bits per heavy atom. The van der Waals surface area contributed by atoms with Crippen molar-refractivity contribution < 1.29 is 22.1 Å². The minimum atomic E-state index is -0.0149. The monoisotopic (exact) mass is 892 g/mol. The van der Waals surface area contributed by atoms with Crippen molar-refractivity contribution in [2.45, 2.75) is 138 Å². The Kier molecular flexibility index (Phi) is 15.2. The van der Waals surface area contributed by atoms with E-state index in [0.29, 0.717) is 0 Å². The van der Waals surface area contributed by atoms with E-state index in [1.54, 1.807) is 0 Å². The van der Waals surface area contributed by atoms with Crippen LogP contribution in [0.15, 0.2) is 145 Å². The first kappa shape index (κ1) is 50.4. The fourth-order valence-electron chi connectivity index (χ4n) is 6.81. The molecule has 0 aliphatic rings. The van der Waals surface area contributed by atoms with Crippen molar-refractivity contribution in [3.8, 4) is 0 Å². The number of para-hydroxylation sites is 4. The molecule has 348 valence electrons. The minimum Gasteiger partial charge on any atom is -0.443 e. The van der Waals surface area contributed by atoms with Crippen LogP contribution in [0.5, 0.6) is 0 Å². The van der Waals surface area contributed by atoms with Gasteiger partial charge in [0.1, 0.15) is 27.6 Å². The number of rotatable bonds is 0. The lowest BCUT2D eigenvalue weighted by Crippen LogP contribution is -2.11. The van der Waals surface area contributed by atoms with Crippen LogP contribution in [-0.4, -0.2) is 24.9 Å². The van der Waals surface area contributed by atoms with Crippen molar-refractivity contribution in [3.05, 3.63) is 151 Å². The van der Waals surface area contributed by atoms with Gasteiger partial charge in [0, 0.05) is 11.0 Å². The van der Waals surface area contributed by atoms with Crippen molar-refractivity contribution in [1.82, 2.24) is 24.9 Å². The zero-order chi connectivity index (χ0) is 47.4. The van der Waals surface area contributed by atoms with Crippen LogP contribution in [0.1, 0.15) is 139 Å². The van der Waals surface area contributed by atoms with Gasteiger partial charge >= 0.3 is 0 Å². The first-order valence-corrected chi connectivity index (χ1v) is 22.1. The van der Waals surface area contributed by atoms with Crippen LogP contribution in [-0.2, 0) is 27.1 Å². The van der Waals surface area contributed by atoms with Crippen molar-refractivity contribution in [1.29, 1.82) is 0 Å². The Labute approximate surface area is 390 Å². The summed E-state index contributed by atoms with van der Waals surface area (Å²) < 4.78 is 26.6. The topological polar surface area (TPSA) is 130 Å². The maximum absolute atomic E-state index is 5.62. The van der Waals surface area contributed by atoms with Crippen LogP contribution in [0.3, 0.4) is 0 Å². The molecule has 0 amide bonds. The minimum absolute atomic E-state index is 0. The van der Waals surface area contributed by atoms with Gasteiger partial charge in [0.15, 0.2) is 53.5 Å². The second-order valence-corrected chi connectivity index (χ2v) is 21.3. The van der Waals surface area contributed by atoms with Gasteiger partial charge in [-0.05, 0) is 86.9 Å². The third-order valence-corrected chi connectivity index (χ3v) is 10.7. The fraction of sp³-hybridized carbons (Fsp3) is 0.375. The van der Waals surface area contributed by atoms with Gasteiger partial charge in [-0.2, -0.15) is 0 Å². The molecule has 0 saturated heterocycles. The van der Waals surface area contributed by atoms with Gasteiger partial charge in [-0.15, -0.1) is 0 Å². The summed E-state index contributed by atoms with van der Waals surface area (Å²) in [5.74, 6) is 0.800. The van der Waals surface area contributed by atoms with Crippen molar-refractivity contribution in [3.63, 3.8) is 0 Å². The van der Waals surface area contributed by atoms with Gasteiger partial charge in [0.05, 0.1) is 0 Å². The van der Waals surface area contributed by atoms with Gasteiger partial charge in [0.2, 0.25) is 5.89 Å². The number of oxazole rings is 5. The number of benzene rings is 5. The molecule has 0 radical (unpaired) electrons. The smallest absolute Gasteiger partial charge is 0.200 e. The first-order valence-electron chi connectivity index (χ1n) is 22.1. The molecule has 5 aromatic carbocycles. The maximum atomic E-state index is 5.62. The predicted molar refractivity (Wildman–Crippen MR) is 270 cm³/mol. The van der Waals surface area contributed by atoms with Crippen LogP contribution >= 0.6 is 0 Å². The Bertz CT molecular complexity index is 2870. The molecule has 10 aromatic rings. The van der Waals surface area contributed by atoms with E-state index in [1.807, 2.05) is 60.7 Å². The van der Waals surface area contributed by atoms with E-state index in [2.05, 4.69) is 165 Å². The molecule has 0 unspecified atom stereocenters. The second kappa shape index (κ2) is 19.9. The van der Waals surface area contributed by atoms with Gasteiger partial charge in [-0.3, -0.25) is 0 Å². The van der Waals surface area contributed by atoms with Crippen LogP contribution in [0.2, 0.25) is 0 Å². The molecule has 10 heteroatoms. The average Bonchev–Trinajstić information content (AvgIpc) is 4.08.